The summed E-state index contributed by atoms with van der Waals surface area (Å²) >= 11 is -0.528. The molecule has 1 aliphatic heterocycles. The Morgan fingerprint density at radius 1 is 1.24 bits per heavy atom. The van der Waals surface area contributed by atoms with Gasteiger partial charge in [0, 0.05) is 6.61 Å². The Morgan fingerprint density at radius 2 is 2.02 bits per heavy atom. The molecule has 1 saturated heterocycles. The van der Waals surface area contributed by atoms with Crippen LogP contribution in [0.2, 0.25) is 4.71 Å². The second-order valence-corrected chi connectivity index (χ2v) is 14.9. The van der Waals surface area contributed by atoms with Crippen LogP contribution in [0.15, 0.2) is 24.4 Å². The third-order valence-corrected chi connectivity index (χ3v) is 10.6. The predicted molar refractivity (Wildman–Crippen MR) is 159 cm³/mol. The molecule has 0 radical (unpaired) electrons. The number of ether oxygens (including phenoxy) is 3. The average Bonchev–Trinajstić information content (AvgIpc) is 3.53. The van der Waals surface area contributed by atoms with E-state index in [1.165, 1.54) is 7.11 Å². The molecule has 1 aliphatic rings. The zero-order chi connectivity index (χ0) is 30.4. The summed E-state index contributed by atoms with van der Waals surface area (Å²) in [6.07, 6.45) is 4.11. The Hall–Kier alpha value is -3.28. The summed E-state index contributed by atoms with van der Waals surface area (Å²) in [7, 11) is 1.24. The Bertz CT molecular complexity index is 1460. The summed E-state index contributed by atoms with van der Waals surface area (Å²) in [4.78, 5) is 55.3. The van der Waals surface area contributed by atoms with Crippen LogP contribution in [0.4, 0.5) is 9.93 Å². The van der Waals surface area contributed by atoms with Gasteiger partial charge in [-0.05, 0) is 19.3 Å². The van der Waals surface area contributed by atoms with E-state index in [0.29, 0.717) is 22.3 Å². The molecule has 4 rings (SSSR count). The molecule has 0 bridgehead atoms. The van der Waals surface area contributed by atoms with Gasteiger partial charge in [-0.25, -0.2) is 0 Å². The first kappa shape index (κ1) is 31.6. The summed E-state index contributed by atoms with van der Waals surface area (Å²) < 4.78 is 16.8. The normalized spacial score (nSPS) is 16.4. The number of nitrogens with one attached hydrogen (secondary N) is 2. The second kappa shape index (κ2) is 13.8. The number of rotatable bonds is 10. The number of anilines is 1. The van der Waals surface area contributed by atoms with E-state index in [1.54, 1.807) is 33.9 Å². The summed E-state index contributed by atoms with van der Waals surface area (Å²) in [5, 5.41) is 11.1. The topological polar surface area (TPSA) is 151 Å². The van der Waals surface area contributed by atoms with Crippen molar-refractivity contribution in [1.29, 1.82) is 0 Å². The van der Waals surface area contributed by atoms with Gasteiger partial charge in [0.2, 0.25) is 0 Å². The molecule has 12 nitrogen and oxygen atoms in total. The van der Waals surface area contributed by atoms with E-state index in [0.717, 1.165) is 47.1 Å². The number of hydrogen-bond acceptors (Lipinski definition) is 10. The monoisotopic (exact) mass is 661 g/mol. The number of alkyl carbamates (subject to hydrolysis) is 1. The maximum absolute atomic E-state index is 13.2. The molecule has 1 aromatic carbocycles. The minimum absolute atomic E-state index is 0.0796. The van der Waals surface area contributed by atoms with Crippen molar-refractivity contribution in [1.82, 2.24) is 20.1 Å². The number of amides is 2. The number of carbonyl (C=O) groups excluding carboxylic acids is 4. The van der Waals surface area contributed by atoms with Crippen LogP contribution >= 0.6 is 11.3 Å². The third kappa shape index (κ3) is 8.17. The van der Waals surface area contributed by atoms with Crippen molar-refractivity contribution >= 4 is 65.7 Å². The molecule has 42 heavy (non-hydrogen) atoms. The standard InChI is InChI=1S/C28H36AsN5O7S/c1-16-23(24(36)29-19(25(37)39-5)15-30-27(38)41-28(2,3)4)42-26(32-16)33-21(35)13-17-9-8-10-20-18(17)14-31-34(20)22-11-6-7-12-40-22/h8-10,14,19,22,29H,6-7,11-13,15H2,1-5H3,(H,30,38)(H,32,33,35). The molecule has 14 heteroatoms. The van der Waals surface area contributed by atoms with Gasteiger partial charge in [0.25, 0.3) is 0 Å². The van der Waals surface area contributed by atoms with Gasteiger partial charge in [-0.2, -0.15) is 0 Å². The second-order valence-electron chi connectivity index (χ2n) is 10.9. The number of nitrogens with zero attached hydrogens (tertiary/aromatic N) is 3. The van der Waals surface area contributed by atoms with Crippen molar-refractivity contribution in [3.8, 4) is 0 Å². The van der Waals surface area contributed by atoms with Crippen molar-refractivity contribution < 1.29 is 33.4 Å². The Balaban J connectivity index is 1.39. The van der Waals surface area contributed by atoms with Crippen LogP contribution in [0.3, 0.4) is 0 Å². The zero-order valence-corrected chi connectivity index (χ0v) is 27.2. The van der Waals surface area contributed by atoms with E-state index in [4.69, 9.17) is 14.2 Å². The van der Waals surface area contributed by atoms with E-state index >= 15 is 0 Å². The van der Waals surface area contributed by atoms with E-state index in [9.17, 15) is 19.2 Å². The van der Waals surface area contributed by atoms with Crippen LogP contribution in [-0.2, 0) is 30.2 Å². The molecule has 1 fully saturated rings. The number of aromatic nitrogens is 3. The van der Waals surface area contributed by atoms with Gasteiger partial charge >= 0.3 is 225 Å². The number of benzene rings is 1. The molecule has 0 spiro atoms. The number of thiazole rings is 1. The quantitative estimate of drug-likeness (QED) is 0.245. The van der Waals surface area contributed by atoms with Gasteiger partial charge in [-0.1, -0.05) is 0 Å². The molecular weight excluding hydrogens is 625 g/mol. The van der Waals surface area contributed by atoms with Gasteiger partial charge in [-0.3, -0.25) is 0 Å². The summed E-state index contributed by atoms with van der Waals surface area (Å²) in [5.41, 5.74) is 1.50. The van der Waals surface area contributed by atoms with E-state index in [2.05, 4.69) is 20.7 Å². The first-order chi connectivity index (χ1) is 19.9. The number of aryl methyl sites for hydroxylation is 1. The Kier molecular flexibility index (Phi) is 10.4. The number of esters is 1. The molecule has 2 aromatic heterocycles. The first-order valence-corrected chi connectivity index (χ1v) is 16.7. The van der Waals surface area contributed by atoms with E-state index in [1.807, 2.05) is 22.9 Å². The summed E-state index contributed by atoms with van der Waals surface area (Å²) in [6.45, 7) is 7.50. The Labute approximate surface area is 254 Å². The molecule has 0 saturated carbocycles. The van der Waals surface area contributed by atoms with Crippen molar-refractivity contribution in [2.75, 3.05) is 25.6 Å². The number of methoxy groups -OCH3 is 1. The molecule has 3 atom stereocenters. The average molecular weight is 662 g/mol. The fourth-order valence-electron chi connectivity index (χ4n) is 4.49. The zero-order valence-electron chi connectivity index (χ0n) is 24.3. The van der Waals surface area contributed by atoms with Crippen molar-refractivity contribution in [2.45, 2.75) is 69.9 Å². The minimum atomic E-state index is -1.60. The van der Waals surface area contributed by atoms with Crippen LogP contribution in [-0.4, -0.2) is 78.9 Å². The molecule has 3 heterocycles. The number of carbonyl (C=O) groups is 4. The van der Waals surface area contributed by atoms with E-state index < -0.39 is 38.1 Å². The van der Waals surface area contributed by atoms with Crippen LogP contribution in [0.5, 0.6) is 0 Å². The molecule has 2 amide bonds. The van der Waals surface area contributed by atoms with Crippen molar-refractivity contribution in [3.05, 3.63) is 40.5 Å². The maximum atomic E-state index is 13.2. The van der Waals surface area contributed by atoms with Gasteiger partial charge in [0.1, 0.15) is 0 Å². The van der Waals surface area contributed by atoms with Crippen LogP contribution in [0.1, 0.15) is 67.2 Å². The Morgan fingerprint density at radius 3 is 2.71 bits per heavy atom. The van der Waals surface area contributed by atoms with Crippen LogP contribution < -0.4 is 10.6 Å². The molecule has 3 unspecified atom stereocenters. The van der Waals surface area contributed by atoms with Crippen LogP contribution in [0.25, 0.3) is 10.9 Å². The van der Waals surface area contributed by atoms with Gasteiger partial charge in [0.05, 0.1) is 0 Å². The SMILES string of the molecule is COC(=O)C(CNC(=O)OC(C)(C)C)[AsH]C(=O)c1sc(NC(=O)Cc2cccc3c2cnn3C2CCCCO2)nc1C. The number of fused-ring (bicyclic) bond motifs is 1. The van der Waals surface area contributed by atoms with E-state index in [-0.39, 0.29) is 29.7 Å². The van der Waals surface area contributed by atoms with Gasteiger partial charge in [-0.15, -0.1) is 0 Å². The molecule has 3 aromatic rings. The van der Waals surface area contributed by atoms with Crippen LogP contribution in [0, 0.1) is 6.92 Å². The molecular formula is C28H36AsN5O7S. The van der Waals surface area contributed by atoms with Gasteiger partial charge in [0.15, 0.2) is 0 Å². The predicted octanol–water partition coefficient (Wildman–Crippen LogP) is 3.74. The first-order valence-electron chi connectivity index (χ1n) is 13.6. The number of hydrogen-bond donors (Lipinski definition) is 2. The van der Waals surface area contributed by atoms with Crippen molar-refractivity contribution in [3.63, 3.8) is 0 Å². The third-order valence-electron chi connectivity index (χ3n) is 6.40. The summed E-state index contributed by atoms with van der Waals surface area (Å²) in [6, 6.07) is 5.76. The summed E-state index contributed by atoms with van der Waals surface area (Å²) in [5.74, 6) is -0.857. The van der Waals surface area contributed by atoms with Gasteiger partial charge < -0.3 is 4.74 Å². The molecule has 2 N–H and O–H groups in total. The fourth-order valence-corrected chi connectivity index (χ4v) is 8.18. The molecule has 0 aliphatic carbocycles. The van der Waals surface area contributed by atoms with Crippen molar-refractivity contribution in [2.24, 2.45) is 0 Å². The fraction of sp³-hybridized carbons (Fsp3) is 0.500. The molecule has 226 valence electrons.